The lowest BCUT2D eigenvalue weighted by molar-refractivity contribution is -0.132. The standard InChI is InChI=1S/C65H86IN8O17P/c1-9-13-44(11-3)37-72-39-58(77)74(51-34-55(53(84-8)32-49(51)62(72)80)90-22-12-21-89-54-33-50-48(31-52(54)83-7)63(81)73-38-46(14-10-2)35-65(73,92)41-68-50)64(82)91-40-45-15-17-47(18-16-45)70-60(78)43(6)69-61(79)59(42(4)5)71-56(75)19-23-85-25-27-87-29-30-88-28-26-86-24-20-67-57(76)36-66/h9-10,13-18,31-34,37-38,41-43,58-59,77H,11-12,19-30,35-36,39-40,92H2,1-8H3,(H,67,76)(H,69,79)(H,70,78)(H,71,75)/b13-9+,14-10+,44-37+/t43-,58-,59-,65+/m0/s1. The van der Waals surface area contributed by atoms with E-state index in [0.717, 1.165) is 16.0 Å². The Morgan fingerprint density at radius 2 is 1.41 bits per heavy atom. The lowest BCUT2D eigenvalue weighted by atomic mass is 10.0. The quantitative estimate of drug-likeness (QED) is 0.0124. The summed E-state index contributed by atoms with van der Waals surface area (Å²) in [7, 11) is 5.65. The first-order valence-electron chi connectivity index (χ1n) is 30.4. The minimum absolute atomic E-state index is 0.000931. The zero-order valence-electron chi connectivity index (χ0n) is 53.4. The minimum atomic E-state index is -1.60. The maximum absolute atomic E-state index is 14.4. The van der Waals surface area contributed by atoms with Crippen molar-refractivity contribution in [1.82, 2.24) is 25.8 Å². The first kappa shape index (κ1) is 73.6. The number of carbonyl (C=O) groups excluding carboxylic acids is 7. The van der Waals surface area contributed by atoms with E-state index in [1.54, 1.807) is 67.6 Å². The Morgan fingerprint density at radius 3 is 2.02 bits per heavy atom. The van der Waals surface area contributed by atoms with Crippen LogP contribution in [0.2, 0.25) is 0 Å². The van der Waals surface area contributed by atoms with E-state index >= 15 is 0 Å². The first-order valence-corrected chi connectivity index (χ1v) is 32.5. The van der Waals surface area contributed by atoms with Crippen LogP contribution in [0.25, 0.3) is 0 Å². The van der Waals surface area contributed by atoms with Crippen molar-refractivity contribution in [2.45, 2.75) is 97.4 Å². The van der Waals surface area contributed by atoms with E-state index in [4.69, 9.17) is 47.6 Å². The van der Waals surface area contributed by atoms with E-state index < -0.39 is 53.3 Å². The number of anilines is 2. The number of alkyl halides is 1. The van der Waals surface area contributed by atoms with Crippen molar-refractivity contribution >= 4 is 96.6 Å². The molecular weight excluding hydrogens is 1320 g/mol. The molecule has 0 saturated carbocycles. The number of fused-ring (bicyclic) bond motifs is 3. The van der Waals surface area contributed by atoms with Gasteiger partial charge in [0.15, 0.2) is 29.2 Å². The topological polar surface area (TPSA) is 293 Å². The number of amides is 7. The molecule has 92 heavy (non-hydrogen) atoms. The number of halogens is 1. The van der Waals surface area contributed by atoms with Gasteiger partial charge < -0.3 is 73.9 Å². The van der Waals surface area contributed by atoms with E-state index in [9.17, 15) is 38.7 Å². The molecule has 3 heterocycles. The van der Waals surface area contributed by atoms with Crippen LogP contribution in [0.3, 0.4) is 0 Å². The maximum atomic E-state index is 14.4. The number of rotatable bonds is 36. The summed E-state index contributed by atoms with van der Waals surface area (Å²) in [6.45, 7) is 13.4. The highest BCUT2D eigenvalue weighted by molar-refractivity contribution is 14.1. The van der Waals surface area contributed by atoms with Gasteiger partial charge in [-0.15, -0.1) is 9.24 Å². The monoisotopic (exact) mass is 1410 g/mol. The molecule has 0 aromatic heterocycles. The van der Waals surface area contributed by atoms with Gasteiger partial charge in [0.05, 0.1) is 114 Å². The molecule has 0 saturated heterocycles. The second-order valence-electron chi connectivity index (χ2n) is 21.7. The van der Waals surface area contributed by atoms with Gasteiger partial charge in [0.25, 0.3) is 11.8 Å². The van der Waals surface area contributed by atoms with Gasteiger partial charge in [-0.1, -0.05) is 79.8 Å². The Labute approximate surface area is 553 Å². The van der Waals surface area contributed by atoms with Gasteiger partial charge in [-0.3, -0.25) is 38.7 Å². The summed E-state index contributed by atoms with van der Waals surface area (Å²) >= 11 is 1.99. The third-order valence-corrected chi connectivity index (χ3v) is 15.8. The number of ether oxygens (including phenoxy) is 9. The van der Waals surface area contributed by atoms with E-state index in [-0.39, 0.29) is 86.5 Å². The van der Waals surface area contributed by atoms with Crippen molar-refractivity contribution in [1.29, 1.82) is 0 Å². The van der Waals surface area contributed by atoms with Crippen LogP contribution >= 0.6 is 31.8 Å². The molecule has 0 fully saturated rings. The van der Waals surface area contributed by atoms with Crippen LogP contribution in [0.5, 0.6) is 23.0 Å². The molecule has 3 aromatic rings. The molecule has 5 N–H and O–H groups in total. The number of allylic oxidation sites excluding steroid dienone is 5. The largest absolute Gasteiger partial charge is 0.493 e. The van der Waals surface area contributed by atoms with Crippen molar-refractivity contribution < 1.29 is 81.3 Å². The summed E-state index contributed by atoms with van der Waals surface area (Å²) in [5.74, 6) is -1.54. The van der Waals surface area contributed by atoms with Gasteiger partial charge in [0, 0.05) is 62.2 Å². The predicted molar refractivity (Wildman–Crippen MR) is 358 cm³/mol. The highest BCUT2D eigenvalue weighted by atomic mass is 127. The zero-order valence-corrected chi connectivity index (χ0v) is 56.7. The fraction of sp³-hybridized carbons (Fsp3) is 0.477. The number of benzene rings is 3. The Kier molecular flexibility index (Phi) is 29.8. The highest BCUT2D eigenvalue weighted by Gasteiger charge is 2.42. The molecular formula is C65H86IN8O17P. The lowest BCUT2D eigenvalue weighted by Crippen LogP contribution is -2.53. The third kappa shape index (κ3) is 21.3. The second-order valence-corrected chi connectivity index (χ2v) is 23.5. The van der Waals surface area contributed by atoms with Crippen molar-refractivity contribution in [3.63, 3.8) is 0 Å². The van der Waals surface area contributed by atoms with Gasteiger partial charge in [0.1, 0.15) is 24.0 Å². The molecule has 25 nitrogen and oxygen atoms in total. The number of aliphatic hydroxyl groups is 1. The lowest BCUT2D eigenvalue weighted by Gasteiger charge is -2.29. The molecule has 1 unspecified atom stereocenters. The predicted octanol–water partition coefficient (Wildman–Crippen LogP) is 7.52. The average molecular weight is 1410 g/mol. The summed E-state index contributed by atoms with van der Waals surface area (Å²) in [4.78, 5) is 102. The number of β-amino-alcohol motifs (C(OH)–C–C–N with tert-alkyl or cyclic N) is 1. The second kappa shape index (κ2) is 37.3. The number of carbonyl (C=O) groups is 7. The van der Waals surface area contributed by atoms with Crippen molar-refractivity contribution in [2.24, 2.45) is 10.9 Å². The average Bonchev–Trinajstić information content (AvgIpc) is 1.59. The molecule has 500 valence electrons. The molecule has 0 radical (unpaired) electrons. The fourth-order valence-electron chi connectivity index (χ4n) is 9.63. The molecule has 3 aromatic carbocycles. The zero-order chi connectivity index (χ0) is 66.7. The van der Waals surface area contributed by atoms with E-state index in [1.807, 2.05) is 73.9 Å². The van der Waals surface area contributed by atoms with Gasteiger partial charge in [0.2, 0.25) is 23.6 Å². The molecule has 7 amide bonds. The Balaban J connectivity index is 1.01. The van der Waals surface area contributed by atoms with Crippen molar-refractivity contribution in [3.05, 3.63) is 113 Å². The third-order valence-electron chi connectivity index (χ3n) is 14.5. The number of aliphatic imine (C=N–C) groups is 1. The van der Waals surface area contributed by atoms with Crippen molar-refractivity contribution in [2.75, 3.05) is 108 Å². The minimum Gasteiger partial charge on any atom is -0.493 e. The van der Waals surface area contributed by atoms with E-state index in [0.29, 0.717) is 104 Å². The number of nitrogens with one attached hydrogen (secondary N) is 4. The summed E-state index contributed by atoms with van der Waals surface area (Å²) < 4.78 is 51.9. The molecule has 27 heteroatoms. The van der Waals surface area contributed by atoms with Crippen LogP contribution in [0.15, 0.2) is 101 Å². The Bertz CT molecular complexity index is 3200. The van der Waals surface area contributed by atoms with Crippen LogP contribution in [0.1, 0.15) is 93.5 Å². The number of methoxy groups -OCH3 is 2. The van der Waals surface area contributed by atoms with Gasteiger partial charge in [-0.2, -0.15) is 0 Å². The molecule has 6 rings (SSSR count). The number of hydrogen-bond donors (Lipinski definition) is 5. The van der Waals surface area contributed by atoms with Crippen LogP contribution in [-0.4, -0.2) is 184 Å². The fourth-order valence-corrected chi connectivity index (χ4v) is 10.4. The summed E-state index contributed by atoms with van der Waals surface area (Å²) in [6, 6.07) is 10.7. The number of nitrogens with zero attached hydrogens (tertiary/aromatic N) is 4. The summed E-state index contributed by atoms with van der Waals surface area (Å²) in [5.41, 5.74) is 3.49. The highest BCUT2D eigenvalue weighted by Crippen LogP contribution is 2.45. The van der Waals surface area contributed by atoms with Crippen LogP contribution < -0.4 is 45.1 Å². The molecule has 3 aliphatic rings. The molecule has 0 aliphatic carbocycles. The summed E-state index contributed by atoms with van der Waals surface area (Å²) in [6.07, 6.45) is 11.7. The van der Waals surface area contributed by atoms with Crippen LogP contribution in [-0.2, 0) is 49.5 Å². The number of aliphatic hydroxyl groups excluding tert-OH is 1. The molecule has 5 atom stereocenters. The smallest absolute Gasteiger partial charge is 0.416 e. The van der Waals surface area contributed by atoms with E-state index in [1.165, 1.54) is 38.2 Å². The molecule has 0 spiro atoms. The Hall–Kier alpha value is -7.46. The Morgan fingerprint density at radius 1 is 0.783 bits per heavy atom. The molecule has 0 bridgehead atoms. The number of hydrogen-bond acceptors (Lipinski definition) is 18. The molecule has 3 aliphatic heterocycles. The van der Waals surface area contributed by atoms with Gasteiger partial charge in [-0.05, 0) is 74.1 Å². The van der Waals surface area contributed by atoms with Crippen molar-refractivity contribution in [3.8, 4) is 23.0 Å². The normalized spacial score (nSPS) is 16.9. The first-order chi connectivity index (χ1) is 44.3. The van der Waals surface area contributed by atoms with E-state index in [2.05, 4.69) is 30.5 Å². The van der Waals surface area contributed by atoms with Crippen LogP contribution in [0, 0.1) is 5.92 Å². The van der Waals surface area contributed by atoms with Gasteiger partial charge in [-0.25, -0.2) is 9.69 Å². The van der Waals surface area contributed by atoms with Crippen LogP contribution in [0.4, 0.5) is 21.9 Å². The maximum Gasteiger partial charge on any atom is 0.416 e. The summed E-state index contributed by atoms with van der Waals surface area (Å²) in [5, 5.41) is 22.0. The SMILES string of the molecule is C/C=C/C1=CN2C(=O)c3cc(OC)c(OCCCOc4cc5c(cc4OC)C(=O)N(/C=C(/C=C/C)CC)C[C@H](O)N5C(=O)OCc4ccc(NC(=O)[C@H](C)NC(=O)[C@@H](NC(=O)CCOCCOCCOCCOCCNC(=O)CI)C(C)C)cc4)cc3N=C[C@]2(P)C1. The van der Waals surface area contributed by atoms with Gasteiger partial charge >= 0.3 is 6.09 Å².